The molecule has 0 aromatic carbocycles. The number of piperidine rings is 1. The lowest BCUT2D eigenvalue weighted by Crippen LogP contribution is -2.47. The van der Waals surface area contributed by atoms with Crippen molar-refractivity contribution in [3.63, 3.8) is 0 Å². The number of carbonyl (C=O) groups is 2. The first-order chi connectivity index (χ1) is 8.54. The minimum atomic E-state index is -0.0797. The monoisotopic (exact) mass is 255 g/mol. The van der Waals surface area contributed by atoms with Gasteiger partial charge in [-0.15, -0.1) is 0 Å². The van der Waals surface area contributed by atoms with Crippen LogP contribution < -0.4 is 10.6 Å². The van der Waals surface area contributed by atoms with E-state index in [2.05, 4.69) is 10.6 Å². The Morgan fingerprint density at radius 3 is 2.67 bits per heavy atom. The van der Waals surface area contributed by atoms with Crippen molar-refractivity contribution in [1.29, 1.82) is 0 Å². The normalized spacial score (nSPS) is 19.7. The molecule has 0 aromatic rings. The van der Waals surface area contributed by atoms with Crippen molar-refractivity contribution in [3.8, 4) is 0 Å². The van der Waals surface area contributed by atoms with E-state index in [1.54, 1.807) is 4.90 Å². The molecule has 104 valence electrons. The first kappa shape index (κ1) is 15.0. The van der Waals surface area contributed by atoms with Crippen molar-refractivity contribution in [2.75, 3.05) is 26.2 Å². The van der Waals surface area contributed by atoms with E-state index in [1.807, 2.05) is 20.8 Å². The highest BCUT2D eigenvalue weighted by Crippen LogP contribution is 2.13. The van der Waals surface area contributed by atoms with Crippen LogP contribution in [0.15, 0.2) is 0 Å². The lowest BCUT2D eigenvalue weighted by Gasteiger charge is -2.28. The molecule has 0 radical (unpaired) electrons. The molecular weight excluding hydrogens is 230 g/mol. The van der Waals surface area contributed by atoms with E-state index < -0.39 is 0 Å². The minimum Gasteiger partial charge on any atom is -0.352 e. The van der Waals surface area contributed by atoms with Crippen LogP contribution in [0.25, 0.3) is 0 Å². The molecule has 1 fully saturated rings. The molecule has 0 spiro atoms. The number of amides is 2. The van der Waals surface area contributed by atoms with Gasteiger partial charge in [-0.1, -0.05) is 0 Å². The average Bonchev–Trinajstić information content (AvgIpc) is 2.35. The predicted octanol–water partition coefficient (Wildman–Crippen LogP) is 0.359. The third-order valence-electron chi connectivity index (χ3n) is 3.12. The number of hydrogen-bond donors (Lipinski definition) is 2. The summed E-state index contributed by atoms with van der Waals surface area (Å²) in [5, 5.41) is 6.05. The van der Waals surface area contributed by atoms with Gasteiger partial charge in [0.05, 0.1) is 12.5 Å². The molecule has 0 saturated carbocycles. The van der Waals surface area contributed by atoms with E-state index in [0.717, 1.165) is 25.9 Å². The lowest BCUT2D eigenvalue weighted by atomic mass is 9.98. The summed E-state index contributed by atoms with van der Waals surface area (Å²) in [6.45, 7) is 8.23. The summed E-state index contributed by atoms with van der Waals surface area (Å²) >= 11 is 0. The standard InChI is InChI=1S/C13H25N3O2/c1-4-16(9-12(17)15-10(2)3)13(18)11-6-5-7-14-8-11/h10-11,14H,4-9H2,1-3H3,(H,15,17). The zero-order valence-corrected chi connectivity index (χ0v) is 11.7. The van der Waals surface area contributed by atoms with Gasteiger partial charge in [0, 0.05) is 19.1 Å². The van der Waals surface area contributed by atoms with Gasteiger partial charge in [0.1, 0.15) is 0 Å². The molecule has 1 aliphatic rings. The minimum absolute atomic E-state index is 0.0329. The molecule has 0 bridgehead atoms. The Labute approximate surface area is 109 Å². The second kappa shape index (κ2) is 7.36. The van der Waals surface area contributed by atoms with Crippen molar-refractivity contribution < 1.29 is 9.59 Å². The summed E-state index contributed by atoms with van der Waals surface area (Å²) in [7, 11) is 0. The quantitative estimate of drug-likeness (QED) is 0.745. The zero-order chi connectivity index (χ0) is 13.5. The molecule has 5 nitrogen and oxygen atoms in total. The Balaban J connectivity index is 2.48. The van der Waals surface area contributed by atoms with Gasteiger partial charge in [0.15, 0.2) is 0 Å². The highest BCUT2D eigenvalue weighted by Gasteiger charge is 2.26. The van der Waals surface area contributed by atoms with E-state index in [1.165, 1.54) is 0 Å². The third-order valence-corrected chi connectivity index (χ3v) is 3.12. The van der Waals surface area contributed by atoms with Crippen molar-refractivity contribution >= 4 is 11.8 Å². The Kier molecular flexibility index (Phi) is 6.12. The largest absolute Gasteiger partial charge is 0.352 e. The molecule has 1 unspecified atom stereocenters. The van der Waals surface area contributed by atoms with Crippen molar-refractivity contribution in [3.05, 3.63) is 0 Å². The summed E-state index contributed by atoms with van der Waals surface area (Å²) in [4.78, 5) is 25.6. The smallest absolute Gasteiger partial charge is 0.239 e. The maximum atomic E-state index is 12.3. The summed E-state index contributed by atoms with van der Waals surface area (Å²) < 4.78 is 0. The van der Waals surface area contributed by atoms with Gasteiger partial charge in [0.2, 0.25) is 11.8 Å². The van der Waals surface area contributed by atoms with Gasteiger partial charge in [-0.05, 0) is 40.2 Å². The van der Waals surface area contributed by atoms with Crippen LogP contribution >= 0.6 is 0 Å². The van der Waals surface area contributed by atoms with E-state index in [-0.39, 0.29) is 30.3 Å². The van der Waals surface area contributed by atoms with Gasteiger partial charge in [0.25, 0.3) is 0 Å². The fourth-order valence-electron chi connectivity index (χ4n) is 2.21. The molecule has 1 rings (SSSR count). The molecule has 1 atom stereocenters. The summed E-state index contributed by atoms with van der Waals surface area (Å²) in [6, 6.07) is 0.114. The fraction of sp³-hybridized carbons (Fsp3) is 0.846. The number of hydrogen-bond acceptors (Lipinski definition) is 3. The Hall–Kier alpha value is -1.10. The molecule has 5 heteroatoms. The number of nitrogens with one attached hydrogen (secondary N) is 2. The molecule has 0 aliphatic carbocycles. The van der Waals surface area contributed by atoms with Crippen LogP contribution in [0.2, 0.25) is 0 Å². The molecular formula is C13H25N3O2. The lowest BCUT2D eigenvalue weighted by molar-refractivity contribution is -0.139. The third kappa shape index (κ3) is 4.64. The number of rotatable bonds is 5. The topological polar surface area (TPSA) is 61.4 Å². The van der Waals surface area contributed by atoms with Crippen LogP contribution in [0.4, 0.5) is 0 Å². The molecule has 1 aliphatic heterocycles. The van der Waals surface area contributed by atoms with Crippen molar-refractivity contribution in [2.24, 2.45) is 5.92 Å². The predicted molar refractivity (Wildman–Crippen MR) is 71.1 cm³/mol. The van der Waals surface area contributed by atoms with Crippen molar-refractivity contribution in [1.82, 2.24) is 15.5 Å². The van der Waals surface area contributed by atoms with Crippen LogP contribution in [0.3, 0.4) is 0 Å². The van der Waals surface area contributed by atoms with Gasteiger partial charge in [-0.3, -0.25) is 9.59 Å². The van der Waals surface area contributed by atoms with Crippen LogP contribution in [0.5, 0.6) is 0 Å². The maximum Gasteiger partial charge on any atom is 0.239 e. The first-order valence-corrected chi connectivity index (χ1v) is 6.83. The molecule has 18 heavy (non-hydrogen) atoms. The molecule has 0 aromatic heterocycles. The molecule has 1 saturated heterocycles. The number of likely N-dealkylation sites (N-methyl/N-ethyl adjacent to an activating group) is 1. The van der Waals surface area contributed by atoms with Gasteiger partial charge in [-0.25, -0.2) is 0 Å². The zero-order valence-electron chi connectivity index (χ0n) is 11.7. The second-order valence-electron chi connectivity index (χ2n) is 5.12. The first-order valence-electron chi connectivity index (χ1n) is 6.83. The number of carbonyl (C=O) groups excluding carboxylic acids is 2. The van der Waals surface area contributed by atoms with Crippen LogP contribution in [0.1, 0.15) is 33.6 Å². The Bertz CT molecular complexity index is 286. The fourth-order valence-corrected chi connectivity index (χ4v) is 2.21. The molecule has 2 amide bonds. The summed E-state index contributed by atoms with van der Waals surface area (Å²) in [5.74, 6) is 0.0538. The molecule has 1 heterocycles. The Morgan fingerprint density at radius 2 is 2.17 bits per heavy atom. The van der Waals surface area contributed by atoms with Crippen molar-refractivity contribution in [2.45, 2.75) is 39.7 Å². The highest BCUT2D eigenvalue weighted by atomic mass is 16.2. The second-order valence-corrected chi connectivity index (χ2v) is 5.12. The van der Waals surface area contributed by atoms with Gasteiger partial charge >= 0.3 is 0 Å². The van der Waals surface area contributed by atoms with E-state index in [9.17, 15) is 9.59 Å². The van der Waals surface area contributed by atoms with Crippen LogP contribution in [-0.4, -0.2) is 48.9 Å². The highest BCUT2D eigenvalue weighted by molar-refractivity contribution is 5.86. The van der Waals surface area contributed by atoms with Gasteiger partial charge < -0.3 is 15.5 Å². The average molecular weight is 255 g/mol. The summed E-state index contributed by atoms with van der Waals surface area (Å²) in [5.41, 5.74) is 0. The van der Waals surface area contributed by atoms with Crippen LogP contribution in [-0.2, 0) is 9.59 Å². The molecule has 2 N–H and O–H groups in total. The van der Waals surface area contributed by atoms with E-state index in [0.29, 0.717) is 6.54 Å². The van der Waals surface area contributed by atoms with Crippen LogP contribution in [0, 0.1) is 5.92 Å². The number of nitrogens with zero attached hydrogens (tertiary/aromatic N) is 1. The Morgan fingerprint density at radius 1 is 1.44 bits per heavy atom. The van der Waals surface area contributed by atoms with Gasteiger partial charge in [-0.2, -0.15) is 0 Å². The maximum absolute atomic E-state index is 12.3. The van der Waals surface area contributed by atoms with E-state index >= 15 is 0 Å². The summed E-state index contributed by atoms with van der Waals surface area (Å²) in [6.07, 6.45) is 1.96. The van der Waals surface area contributed by atoms with E-state index in [4.69, 9.17) is 0 Å². The SMILES string of the molecule is CCN(CC(=O)NC(C)C)C(=O)C1CCCNC1.